The third-order valence-corrected chi connectivity index (χ3v) is 9.09. The fourth-order valence-electron chi connectivity index (χ4n) is 5.80. The van der Waals surface area contributed by atoms with Gasteiger partial charge in [-0.3, -0.25) is 4.79 Å². The van der Waals surface area contributed by atoms with Crippen molar-refractivity contribution >= 4 is 28.9 Å². The van der Waals surface area contributed by atoms with Crippen molar-refractivity contribution in [3.63, 3.8) is 0 Å². The Bertz CT molecular complexity index is 1140. The SMILES string of the molecule is CC1=CCC(C(=O)N(c2cc(C#CC(C)(C)C)sc2C(=O)O)C2CCC(O)(COC3CCOC3)CC2)C(C)C1. The number of ether oxygens (including phenoxy) is 2. The summed E-state index contributed by atoms with van der Waals surface area (Å²) in [6.45, 7) is 11.7. The smallest absolute Gasteiger partial charge is 0.348 e. The van der Waals surface area contributed by atoms with Gasteiger partial charge >= 0.3 is 5.97 Å². The Morgan fingerprint density at radius 2 is 1.97 bits per heavy atom. The van der Waals surface area contributed by atoms with Gasteiger partial charge in [0.15, 0.2) is 0 Å². The minimum absolute atomic E-state index is 0.0192. The lowest BCUT2D eigenvalue weighted by molar-refractivity contribution is -0.125. The Kier molecular flexibility index (Phi) is 9.27. The summed E-state index contributed by atoms with van der Waals surface area (Å²) in [5.41, 5.74) is 0.531. The molecule has 0 spiro atoms. The molecule has 4 rings (SSSR count). The Hall–Kier alpha value is -2.18. The van der Waals surface area contributed by atoms with Gasteiger partial charge in [0, 0.05) is 24.0 Å². The van der Waals surface area contributed by atoms with Crippen molar-refractivity contribution in [2.24, 2.45) is 17.3 Å². The highest BCUT2D eigenvalue weighted by atomic mass is 32.1. The number of aliphatic hydroxyl groups is 1. The Morgan fingerprint density at radius 1 is 1.26 bits per heavy atom. The number of rotatable bonds is 7. The summed E-state index contributed by atoms with van der Waals surface area (Å²) in [6.07, 6.45) is 6.61. The fourth-order valence-corrected chi connectivity index (χ4v) is 6.64. The number of carboxylic acid groups (broad SMARTS) is 1. The molecule has 0 radical (unpaired) electrons. The number of aromatic carboxylic acids is 1. The van der Waals surface area contributed by atoms with Crippen LogP contribution in [0.4, 0.5) is 5.69 Å². The molecule has 2 aliphatic carbocycles. The summed E-state index contributed by atoms with van der Waals surface area (Å²) < 4.78 is 11.3. The van der Waals surface area contributed by atoms with Crippen LogP contribution in [0.25, 0.3) is 0 Å². The predicted molar refractivity (Wildman–Crippen MR) is 153 cm³/mol. The molecule has 3 unspecified atom stereocenters. The molecule has 1 saturated carbocycles. The normalized spacial score (nSPS) is 29.3. The van der Waals surface area contributed by atoms with Crippen LogP contribution in [0.1, 0.15) is 94.1 Å². The fraction of sp³-hybridized carbons (Fsp3) is 0.677. The predicted octanol–water partition coefficient (Wildman–Crippen LogP) is 5.65. The number of thiophene rings is 1. The molecule has 39 heavy (non-hydrogen) atoms. The summed E-state index contributed by atoms with van der Waals surface area (Å²) in [5.74, 6) is 5.19. The molecule has 3 aliphatic rings. The van der Waals surface area contributed by atoms with E-state index in [1.165, 1.54) is 5.57 Å². The van der Waals surface area contributed by atoms with Crippen LogP contribution in [0.2, 0.25) is 0 Å². The van der Waals surface area contributed by atoms with Crippen LogP contribution in [0.5, 0.6) is 0 Å². The lowest BCUT2D eigenvalue weighted by atomic mass is 9.78. The molecule has 2 fully saturated rings. The number of anilines is 1. The second-order valence-corrected chi connectivity index (χ2v) is 13.7. The summed E-state index contributed by atoms with van der Waals surface area (Å²) in [5, 5.41) is 21.4. The standard InChI is InChI=1S/C31H43NO6S/c1-20-6-7-25(21(2)16-20)28(33)32(26-17-24(10-12-30(3,4)5)39-27(26)29(34)35)22-8-13-31(36,14-9-22)19-38-23-11-15-37-18-23/h6,17,21-23,25,36H,7-9,11,13-16,18-19H2,1-5H3,(H,34,35). The van der Waals surface area contributed by atoms with Gasteiger partial charge in [0.05, 0.1) is 35.5 Å². The van der Waals surface area contributed by atoms with Gasteiger partial charge < -0.3 is 24.6 Å². The van der Waals surface area contributed by atoms with Gasteiger partial charge in [-0.1, -0.05) is 30.4 Å². The first-order valence-corrected chi connectivity index (χ1v) is 15.0. The molecule has 8 heteroatoms. The van der Waals surface area contributed by atoms with E-state index in [-0.39, 0.29) is 46.8 Å². The highest BCUT2D eigenvalue weighted by Gasteiger charge is 2.42. The third kappa shape index (κ3) is 7.52. The van der Waals surface area contributed by atoms with Crippen molar-refractivity contribution in [2.75, 3.05) is 24.7 Å². The molecule has 1 aromatic heterocycles. The number of allylic oxidation sites excluding steroid dienone is 2. The number of hydrogen-bond donors (Lipinski definition) is 2. The molecule has 1 amide bonds. The molecule has 7 nitrogen and oxygen atoms in total. The summed E-state index contributed by atoms with van der Waals surface area (Å²) in [7, 11) is 0. The van der Waals surface area contributed by atoms with Crippen molar-refractivity contribution in [1.82, 2.24) is 0 Å². The van der Waals surface area contributed by atoms with Crippen LogP contribution in [0.15, 0.2) is 17.7 Å². The van der Waals surface area contributed by atoms with Gasteiger partial charge in [0.1, 0.15) is 4.88 Å². The van der Waals surface area contributed by atoms with Crippen molar-refractivity contribution in [3.05, 3.63) is 27.5 Å². The zero-order valence-corrected chi connectivity index (χ0v) is 24.7. The monoisotopic (exact) mass is 557 g/mol. The molecule has 3 atom stereocenters. The van der Waals surface area contributed by atoms with Gasteiger partial charge in [-0.2, -0.15) is 0 Å². The molecule has 214 valence electrons. The lowest BCUT2D eigenvalue weighted by Gasteiger charge is -2.42. The number of nitrogens with zero attached hydrogens (tertiary/aromatic N) is 1. The minimum atomic E-state index is -1.05. The molecular formula is C31H43NO6S. The first-order chi connectivity index (χ1) is 18.3. The molecule has 1 aromatic rings. The van der Waals surface area contributed by atoms with Crippen molar-refractivity contribution in [1.29, 1.82) is 0 Å². The summed E-state index contributed by atoms with van der Waals surface area (Å²) in [6, 6.07) is 1.58. The van der Waals surface area contributed by atoms with Crippen LogP contribution >= 0.6 is 11.3 Å². The van der Waals surface area contributed by atoms with Crippen LogP contribution in [0.3, 0.4) is 0 Å². The van der Waals surface area contributed by atoms with E-state index in [4.69, 9.17) is 9.47 Å². The average molecular weight is 558 g/mol. The van der Waals surface area contributed by atoms with E-state index in [0.29, 0.717) is 55.9 Å². The Balaban J connectivity index is 1.62. The lowest BCUT2D eigenvalue weighted by Crippen LogP contribution is -2.51. The zero-order valence-electron chi connectivity index (χ0n) is 23.9. The van der Waals surface area contributed by atoms with Crippen LogP contribution < -0.4 is 4.90 Å². The number of carboxylic acids is 1. The summed E-state index contributed by atoms with van der Waals surface area (Å²) >= 11 is 1.13. The zero-order chi connectivity index (χ0) is 28.4. The highest BCUT2D eigenvalue weighted by Crippen LogP contribution is 2.41. The second-order valence-electron chi connectivity index (χ2n) is 12.7. The first kappa shape index (κ1) is 29.8. The van der Waals surface area contributed by atoms with Gasteiger partial charge in [0.2, 0.25) is 5.91 Å². The van der Waals surface area contributed by atoms with Gasteiger partial charge in [-0.15, -0.1) is 11.3 Å². The van der Waals surface area contributed by atoms with Gasteiger partial charge in [-0.25, -0.2) is 4.79 Å². The quantitative estimate of drug-likeness (QED) is 0.332. The molecular weight excluding hydrogens is 514 g/mol. The molecule has 0 aromatic carbocycles. The van der Waals surface area contributed by atoms with Crippen molar-refractivity contribution in [2.45, 2.75) is 97.3 Å². The first-order valence-electron chi connectivity index (χ1n) is 14.2. The number of carbonyl (C=O) groups excluding carboxylic acids is 1. The van der Waals surface area contributed by atoms with Crippen LogP contribution in [0, 0.1) is 29.1 Å². The maximum absolute atomic E-state index is 14.2. The average Bonchev–Trinajstić information content (AvgIpc) is 3.53. The number of carbonyl (C=O) groups is 2. The van der Waals surface area contributed by atoms with Crippen LogP contribution in [-0.4, -0.2) is 59.7 Å². The van der Waals surface area contributed by atoms with Crippen molar-refractivity contribution < 1.29 is 29.3 Å². The minimum Gasteiger partial charge on any atom is -0.477 e. The van der Waals surface area contributed by atoms with E-state index in [1.807, 2.05) is 20.8 Å². The number of hydrogen-bond acceptors (Lipinski definition) is 6. The molecule has 2 N–H and O–H groups in total. The molecule has 1 saturated heterocycles. The number of amides is 1. The molecule has 2 heterocycles. The molecule has 1 aliphatic heterocycles. The maximum Gasteiger partial charge on any atom is 0.348 e. The van der Waals surface area contributed by atoms with E-state index in [9.17, 15) is 19.8 Å². The van der Waals surface area contributed by atoms with E-state index in [1.54, 1.807) is 11.0 Å². The van der Waals surface area contributed by atoms with E-state index < -0.39 is 11.6 Å². The third-order valence-electron chi connectivity index (χ3n) is 8.06. The van der Waals surface area contributed by atoms with Gasteiger partial charge in [-0.05, 0) is 84.6 Å². The molecule has 0 bridgehead atoms. The van der Waals surface area contributed by atoms with E-state index >= 15 is 0 Å². The second kappa shape index (κ2) is 12.1. The van der Waals surface area contributed by atoms with E-state index in [0.717, 1.165) is 24.2 Å². The maximum atomic E-state index is 14.2. The van der Waals surface area contributed by atoms with Crippen LogP contribution in [-0.2, 0) is 14.3 Å². The van der Waals surface area contributed by atoms with Crippen molar-refractivity contribution in [3.8, 4) is 11.8 Å². The highest BCUT2D eigenvalue weighted by molar-refractivity contribution is 7.15. The Morgan fingerprint density at radius 3 is 2.56 bits per heavy atom. The largest absolute Gasteiger partial charge is 0.477 e. The Labute approximate surface area is 236 Å². The topological polar surface area (TPSA) is 96.3 Å². The van der Waals surface area contributed by atoms with Gasteiger partial charge in [0.25, 0.3) is 0 Å². The van der Waals surface area contributed by atoms with E-state index in [2.05, 4.69) is 31.8 Å². The summed E-state index contributed by atoms with van der Waals surface area (Å²) in [4.78, 5) is 29.2.